The minimum atomic E-state index is -0.628. The maximum atomic E-state index is 13.7. The lowest BCUT2D eigenvalue weighted by Gasteiger charge is -2.16. The Labute approximate surface area is 159 Å². The number of carbonyl (C=O) groups excluding carboxylic acids is 1. The van der Waals surface area contributed by atoms with Crippen molar-refractivity contribution in [3.63, 3.8) is 0 Å². The summed E-state index contributed by atoms with van der Waals surface area (Å²) in [5, 5.41) is 4.21. The normalized spacial score (nSPS) is 12.6. The highest BCUT2D eigenvalue weighted by Crippen LogP contribution is 2.34. The molecule has 0 bridgehead atoms. The highest BCUT2D eigenvalue weighted by Gasteiger charge is 2.28. The molecule has 7 heteroatoms. The average molecular weight is 535 g/mol. The topological polar surface area (TPSA) is 47.3 Å². The SMILES string of the molecule is Cc1cn2ncnc(C(C(=O)I)c3cc(F)ccc3I)c2c1C. The lowest BCUT2D eigenvalue weighted by Crippen LogP contribution is -2.14. The smallest absolute Gasteiger partial charge is 0.205 e. The van der Waals surface area contributed by atoms with Crippen LogP contribution >= 0.6 is 45.2 Å². The number of benzene rings is 1. The Bertz CT molecular complexity index is 923. The number of hydrogen-bond donors (Lipinski definition) is 0. The van der Waals surface area contributed by atoms with Gasteiger partial charge in [0.2, 0.25) is 3.79 Å². The number of halogens is 3. The predicted molar refractivity (Wildman–Crippen MR) is 102 cm³/mol. The molecule has 1 atom stereocenters. The van der Waals surface area contributed by atoms with Crippen LogP contribution in [-0.2, 0) is 4.79 Å². The van der Waals surface area contributed by atoms with Crippen molar-refractivity contribution in [2.75, 3.05) is 0 Å². The largest absolute Gasteiger partial charge is 0.287 e. The van der Waals surface area contributed by atoms with Crippen molar-refractivity contribution in [3.05, 3.63) is 62.5 Å². The van der Waals surface area contributed by atoms with Crippen LogP contribution in [0.2, 0.25) is 0 Å². The first-order chi connectivity index (χ1) is 10.9. The van der Waals surface area contributed by atoms with Gasteiger partial charge in [-0.3, -0.25) is 4.79 Å². The molecule has 0 saturated heterocycles. The molecular formula is C16H12FI2N3O. The van der Waals surface area contributed by atoms with E-state index in [9.17, 15) is 9.18 Å². The first kappa shape index (κ1) is 16.7. The van der Waals surface area contributed by atoms with E-state index in [1.807, 2.05) is 20.0 Å². The van der Waals surface area contributed by atoms with Gasteiger partial charge in [-0.2, -0.15) is 5.10 Å². The van der Waals surface area contributed by atoms with Crippen LogP contribution in [0.1, 0.15) is 28.3 Å². The summed E-state index contributed by atoms with van der Waals surface area (Å²) in [5.74, 6) is -0.992. The van der Waals surface area contributed by atoms with E-state index in [-0.39, 0.29) is 9.61 Å². The summed E-state index contributed by atoms with van der Waals surface area (Å²) in [5.41, 5.74) is 4.13. The molecule has 0 aliphatic rings. The molecule has 4 nitrogen and oxygen atoms in total. The maximum absolute atomic E-state index is 13.7. The van der Waals surface area contributed by atoms with Gasteiger partial charge in [-0.25, -0.2) is 13.9 Å². The zero-order valence-electron chi connectivity index (χ0n) is 12.3. The van der Waals surface area contributed by atoms with Gasteiger partial charge in [0.05, 0.1) is 17.1 Å². The second-order valence-corrected chi connectivity index (χ2v) is 7.50. The lowest BCUT2D eigenvalue weighted by molar-refractivity contribution is -0.110. The quantitative estimate of drug-likeness (QED) is 0.374. The molecule has 0 aliphatic carbocycles. The molecule has 1 unspecified atom stereocenters. The minimum absolute atomic E-state index is 0.107. The number of hydrogen-bond acceptors (Lipinski definition) is 3. The Morgan fingerprint density at radius 1 is 1.35 bits per heavy atom. The molecule has 1 aromatic carbocycles. The second-order valence-electron chi connectivity index (χ2n) is 5.28. The molecule has 0 radical (unpaired) electrons. The van der Waals surface area contributed by atoms with Crippen LogP contribution in [0.15, 0.2) is 30.7 Å². The molecule has 0 fully saturated rings. The third-order valence-electron chi connectivity index (χ3n) is 3.88. The fraction of sp³-hybridized carbons (Fsp3) is 0.188. The van der Waals surface area contributed by atoms with Crippen molar-refractivity contribution in [3.8, 4) is 0 Å². The molecule has 0 amide bonds. The molecular weight excluding hydrogens is 523 g/mol. The van der Waals surface area contributed by atoms with Gasteiger partial charge in [-0.05, 0) is 71.3 Å². The summed E-state index contributed by atoms with van der Waals surface area (Å²) in [6.07, 6.45) is 3.33. The van der Waals surface area contributed by atoms with Gasteiger partial charge in [-0.15, -0.1) is 0 Å². The van der Waals surface area contributed by atoms with Crippen molar-refractivity contribution in [1.29, 1.82) is 0 Å². The molecule has 0 spiro atoms. The van der Waals surface area contributed by atoms with E-state index in [0.717, 1.165) is 20.2 Å². The van der Waals surface area contributed by atoms with E-state index in [0.29, 0.717) is 11.3 Å². The zero-order valence-corrected chi connectivity index (χ0v) is 16.7. The number of nitrogens with zero attached hydrogens (tertiary/aromatic N) is 3. The number of aryl methyl sites for hydroxylation is 2. The third-order valence-corrected chi connectivity index (χ3v) is 5.48. The van der Waals surface area contributed by atoms with Gasteiger partial charge in [0.15, 0.2) is 0 Å². The standard InChI is InChI=1S/C16H12FI2N3O/c1-8-6-22-15(9(8)2)14(20-7-21-22)13(16(19)23)11-5-10(17)3-4-12(11)18/h3-7,13H,1-2H3. The fourth-order valence-corrected chi connectivity index (χ4v) is 3.91. The van der Waals surface area contributed by atoms with E-state index in [1.165, 1.54) is 18.5 Å². The van der Waals surface area contributed by atoms with Crippen molar-refractivity contribution < 1.29 is 9.18 Å². The van der Waals surface area contributed by atoms with Crippen molar-refractivity contribution >= 4 is 54.5 Å². The Morgan fingerprint density at radius 2 is 2.09 bits per heavy atom. The second kappa shape index (κ2) is 6.42. The third kappa shape index (κ3) is 3.00. The van der Waals surface area contributed by atoms with E-state index in [2.05, 4.69) is 32.7 Å². The minimum Gasteiger partial charge on any atom is -0.287 e. The van der Waals surface area contributed by atoms with Crippen LogP contribution in [0.5, 0.6) is 0 Å². The number of carbonyl (C=O) groups is 1. The van der Waals surface area contributed by atoms with Gasteiger partial charge in [0.25, 0.3) is 0 Å². The van der Waals surface area contributed by atoms with Crippen LogP contribution < -0.4 is 0 Å². The van der Waals surface area contributed by atoms with Gasteiger partial charge in [-0.1, -0.05) is 0 Å². The zero-order chi connectivity index (χ0) is 16.7. The molecule has 0 N–H and O–H groups in total. The molecule has 2 heterocycles. The van der Waals surface area contributed by atoms with Crippen molar-refractivity contribution in [2.45, 2.75) is 19.8 Å². The highest BCUT2D eigenvalue weighted by molar-refractivity contribution is 14.1. The Morgan fingerprint density at radius 3 is 2.78 bits per heavy atom. The van der Waals surface area contributed by atoms with Gasteiger partial charge >= 0.3 is 0 Å². The first-order valence-electron chi connectivity index (χ1n) is 6.84. The molecule has 0 saturated carbocycles. The predicted octanol–water partition coefficient (Wildman–Crippen LogP) is 4.18. The summed E-state index contributed by atoms with van der Waals surface area (Å²) >= 11 is 3.87. The first-order valence-corrected chi connectivity index (χ1v) is 8.99. The monoisotopic (exact) mass is 535 g/mol. The lowest BCUT2D eigenvalue weighted by atomic mass is 9.95. The maximum Gasteiger partial charge on any atom is 0.205 e. The van der Waals surface area contributed by atoms with Crippen LogP contribution in [-0.4, -0.2) is 18.4 Å². The highest BCUT2D eigenvalue weighted by atomic mass is 127. The number of fused-ring (bicyclic) bond motifs is 1. The summed E-state index contributed by atoms with van der Waals surface area (Å²) in [4.78, 5) is 16.7. The molecule has 3 rings (SSSR count). The molecule has 118 valence electrons. The summed E-state index contributed by atoms with van der Waals surface area (Å²) in [6, 6.07) is 4.47. The fourth-order valence-electron chi connectivity index (χ4n) is 2.63. The average Bonchev–Trinajstić information content (AvgIpc) is 2.78. The number of rotatable bonds is 3. The van der Waals surface area contributed by atoms with E-state index in [1.54, 1.807) is 33.2 Å². The summed E-state index contributed by atoms with van der Waals surface area (Å²) < 4.78 is 16.2. The summed E-state index contributed by atoms with van der Waals surface area (Å²) in [7, 11) is 0. The molecule has 0 aliphatic heterocycles. The van der Waals surface area contributed by atoms with E-state index < -0.39 is 5.92 Å². The van der Waals surface area contributed by atoms with Crippen LogP contribution in [0, 0.1) is 23.2 Å². The summed E-state index contributed by atoms with van der Waals surface area (Å²) in [6.45, 7) is 3.96. The van der Waals surface area contributed by atoms with Gasteiger partial charge < -0.3 is 0 Å². The molecule has 3 aromatic rings. The van der Waals surface area contributed by atoms with Gasteiger partial charge in [0, 0.05) is 32.4 Å². The van der Waals surface area contributed by atoms with Crippen LogP contribution in [0.3, 0.4) is 0 Å². The van der Waals surface area contributed by atoms with Crippen molar-refractivity contribution in [2.24, 2.45) is 0 Å². The molecule has 23 heavy (non-hydrogen) atoms. The van der Waals surface area contributed by atoms with Crippen LogP contribution in [0.25, 0.3) is 5.52 Å². The van der Waals surface area contributed by atoms with Gasteiger partial charge in [0.1, 0.15) is 12.1 Å². The number of aromatic nitrogens is 3. The molecule has 2 aromatic heterocycles. The van der Waals surface area contributed by atoms with Crippen molar-refractivity contribution in [1.82, 2.24) is 14.6 Å². The Balaban J connectivity index is 2.32. The van der Waals surface area contributed by atoms with Crippen LogP contribution in [0.4, 0.5) is 4.39 Å². The Hall–Kier alpha value is -1.10. The van der Waals surface area contributed by atoms with E-state index >= 15 is 0 Å². The Kier molecular flexibility index (Phi) is 4.68. The van der Waals surface area contributed by atoms with E-state index in [4.69, 9.17) is 0 Å².